The molecule has 0 saturated heterocycles. The number of hydrogen-bond donors (Lipinski definition) is 1. The van der Waals surface area contributed by atoms with Gasteiger partial charge in [0.05, 0.1) is 5.69 Å². The quantitative estimate of drug-likeness (QED) is 0.443. The Morgan fingerprint density at radius 2 is 1.93 bits per heavy atom. The predicted octanol–water partition coefficient (Wildman–Crippen LogP) is 5.41. The highest BCUT2D eigenvalue weighted by atomic mass is 79.9. The Labute approximate surface area is 169 Å². The summed E-state index contributed by atoms with van der Waals surface area (Å²) in [6, 6.07) is 9.69. The molecule has 0 spiro atoms. The van der Waals surface area contributed by atoms with E-state index in [0.29, 0.717) is 16.1 Å². The molecule has 0 unspecified atom stereocenters. The predicted molar refractivity (Wildman–Crippen MR) is 106 cm³/mol. The lowest BCUT2D eigenvalue weighted by atomic mass is 10.1. The third-order valence-electron chi connectivity index (χ3n) is 3.68. The van der Waals surface area contributed by atoms with Crippen molar-refractivity contribution >= 4 is 55.0 Å². The van der Waals surface area contributed by atoms with E-state index in [1.807, 2.05) is 0 Å². The van der Waals surface area contributed by atoms with Crippen LogP contribution >= 0.6 is 27.3 Å². The summed E-state index contributed by atoms with van der Waals surface area (Å²) in [4.78, 5) is 20.9. The largest absolute Gasteiger partial charge is 0.438 e. The van der Waals surface area contributed by atoms with Gasteiger partial charge in [-0.15, -0.1) is 11.3 Å². The molecule has 2 aromatic carbocycles. The zero-order chi connectivity index (χ0) is 19.7. The van der Waals surface area contributed by atoms with Crippen molar-refractivity contribution in [1.29, 1.82) is 0 Å². The number of anilines is 1. The van der Waals surface area contributed by atoms with E-state index < -0.39 is 17.5 Å². The smallest absolute Gasteiger partial charge is 0.262 e. The van der Waals surface area contributed by atoms with E-state index in [2.05, 4.69) is 31.2 Å². The summed E-state index contributed by atoms with van der Waals surface area (Å²) >= 11 is 4.63. The lowest BCUT2D eigenvalue weighted by molar-refractivity contribution is 0.102. The molecular weight excluding hydrogens is 452 g/mol. The van der Waals surface area contributed by atoms with Crippen LogP contribution in [0.3, 0.4) is 0 Å². The minimum absolute atomic E-state index is 0.0130. The van der Waals surface area contributed by atoms with Crippen molar-refractivity contribution in [3.8, 4) is 0 Å². The fourth-order valence-corrected chi connectivity index (χ4v) is 3.42. The number of nitrogens with one attached hydrogen (secondary N) is 1. The van der Waals surface area contributed by atoms with E-state index in [9.17, 15) is 13.6 Å². The van der Waals surface area contributed by atoms with Gasteiger partial charge in [0.1, 0.15) is 22.8 Å². The molecule has 0 aliphatic heterocycles. The molecular formula is C19H10BrF2N3O2S. The molecule has 0 aliphatic rings. The average molecular weight is 462 g/mol. The normalized spacial score (nSPS) is 11.8. The molecule has 0 atom stereocenters. The molecule has 0 radical (unpaired) electrons. The molecule has 4 rings (SSSR count). The molecule has 0 bridgehead atoms. The van der Waals surface area contributed by atoms with Gasteiger partial charge in [-0.05, 0) is 36.4 Å². The van der Waals surface area contributed by atoms with Crippen LogP contribution in [-0.4, -0.2) is 10.9 Å². The van der Waals surface area contributed by atoms with E-state index in [-0.39, 0.29) is 16.8 Å². The second-order valence-corrected chi connectivity index (χ2v) is 7.49. The monoisotopic (exact) mass is 461 g/mol. The van der Waals surface area contributed by atoms with Crippen molar-refractivity contribution in [3.63, 3.8) is 0 Å². The molecule has 0 aliphatic carbocycles. The fraction of sp³-hybridized carbons (Fsp3) is 0. The molecule has 28 heavy (non-hydrogen) atoms. The summed E-state index contributed by atoms with van der Waals surface area (Å²) in [5.41, 5.74) is 0.477. The van der Waals surface area contributed by atoms with Crippen molar-refractivity contribution in [1.82, 2.24) is 4.98 Å². The van der Waals surface area contributed by atoms with Crippen molar-refractivity contribution in [2.75, 3.05) is 5.32 Å². The highest BCUT2D eigenvalue weighted by molar-refractivity contribution is 9.10. The van der Waals surface area contributed by atoms with Crippen LogP contribution in [0.1, 0.15) is 10.4 Å². The Kier molecular flexibility index (Phi) is 5.01. The van der Waals surface area contributed by atoms with Crippen LogP contribution in [0.5, 0.6) is 0 Å². The zero-order valence-electron chi connectivity index (χ0n) is 13.9. The number of hydrogen-bond acceptors (Lipinski definition) is 5. The Bertz CT molecular complexity index is 1240. The SMILES string of the molecule is O=C(Nc1nccs1)c1cc2cc(Br)ccc2oc1=Nc1cc(F)cc(F)c1. The topological polar surface area (TPSA) is 67.5 Å². The van der Waals surface area contributed by atoms with Gasteiger partial charge in [-0.2, -0.15) is 0 Å². The Balaban J connectivity index is 1.90. The fourth-order valence-electron chi connectivity index (χ4n) is 2.52. The van der Waals surface area contributed by atoms with E-state index >= 15 is 0 Å². The van der Waals surface area contributed by atoms with Crippen LogP contribution in [0.15, 0.2) is 67.9 Å². The molecule has 1 amide bonds. The summed E-state index contributed by atoms with van der Waals surface area (Å²) in [5.74, 6) is -2.06. The number of fused-ring (bicyclic) bond motifs is 1. The first-order valence-electron chi connectivity index (χ1n) is 7.93. The van der Waals surface area contributed by atoms with Crippen LogP contribution in [0.4, 0.5) is 19.6 Å². The van der Waals surface area contributed by atoms with Gasteiger partial charge in [0.25, 0.3) is 5.91 Å². The molecule has 140 valence electrons. The van der Waals surface area contributed by atoms with Crippen LogP contribution in [0.25, 0.3) is 11.0 Å². The maximum Gasteiger partial charge on any atom is 0.262 e. The third-order valence-corrected chi connectivity index (χ3v) is 4.87. The molecule has 1 N–H and O–H groups in total. The Hall–Kier alpha value is -2.91. The molecule has 2 aromatic heterocycles. The standard InChI is InChI=1S/C19H10BrF2N3O2S/c20-11-1-2-16-10(5-11)6-15(17(26)25-19-23-3-4-28-19)18(27-16)24-14-8-12(21)7-13(22)9-14/h1-9H,(H,23,25,26). The minimum Gasteiger partial charge on any atom is -0.438 e. The summed E-state index contributed by atoms with van der Waals surface area (Å²) in [7, 11) is 0. The number of aromatic nitrogens is 1. The van der Waals surface area contributed by atoms with E-state index in [1.165, 1.54) is 11.3 Å². The first-order chi connectivity index (χ1) is 13.5. The van der Waals surface area contributed by atoms with Crippen LogP contribution < -0.4 is 10.9 Å². The second kappa shape index (κ2) is 7.61. The van der Waals surface area contributed by atoms with Gasteiger partial charge in [0, 0.05) is 27.5 Å². The number of nitrogens with zero attached hydrogens (tertiary/aromatic N) is 2. The molecule has 0 fully saturated rings. The van der Waals surface area contributed by atoms with E-state index in [1.54, 1.807) is 35.8 Å². The van der Waals surface area contributed by atoms with E-state index in [4.69, 9.17) is 4.42 Å². The van der Waals surface area contributed by atoms with Crippen LogP contribution in [-0.2, 0) is 0 Å². The van der Waals surface area contributed by atoms with Crippen molar-refractivity contribution in [3.05, 3.63) is 81.3 Å². The molecule has 4 aromatic rings. The van der Waals surface area contributed by atoms with Gasteiger partial charge in [-0.1, -0.05) is 15.9 Å². The lowest BCUT2D eigenvalue weighted by Crippen LogP contribution is -2.21. The summed E-state index contributed by atoms with van der Waals surface area (Å²) in [6.07, 6.45) is 1.56. The van der Waals surface area contributed by atoms with Crippen molar-refractivity contribution < 1.29 is 18.0 Å². The summed E-state index contributed by atoms with van der Waals surface area (Å²) < 4.78 is 33.6. The molecule has 2 heterocycles. The van der Waals surface area contributed by atoms with Crippen LogP contribution in [0.2, 0.25) is 0 Å². The number of thiazole rings is 1. The number of rotatable bonds is 3. The zero-order valence-corrected chi connectivity index (χ0v) is 16.4. The van der Waals surface area contributed by atoms with Gasteiger partial charge in [-0.25, -0.2) is 18.8 Å². The molecule has 9 heteroatoms. The van der Waals surface area contributed by atoms with Gasteiger partial charge in [0.2, 0.25) is 5.55 Å². The summed E-state index contributed by atoms with van der Waals surface area (Å²) in [6.45, 7) is 0. The van der Waals surface area contributed by atoms with Gasteiger partial charge in [0.15, 0.2) is 5.13 Å². The maximum atomic E-state index is 13.5. The first kappa shape index (κ1) is 18.5. The number of carbonyl (C=O) groups excluding carboxylic acids is 1. The first-order valence-corrected chi connectivity index (χ1v) is 9.60. The number of benzene rings is 2. The average Bonchev–Trinajstić information content (AvgIpc) is 3.13. The van der Waals surface area contributed by atoms with Crippen molar-refractivity contribution in [2.45, 2.75) is 0 Å². The highest BCUT2D eigenvalue weighted by Gasteiger charge is 2.14. The van der Waals surface area contributed by atoms with Gasteiger partial charge < -0.3 is 4.42 Å². The number of carbonyl (C=O) groups is 1. The minimum atomic E-state index is -0.780. The number of amides is 1. The van der Waals surface area contributed by atoms with Crippen molar-refractivity contribution in [2.24, 2.45) is 4.99 Å². The Morgan fingerprint density at radius 3 is 2.64 bits per heavy atom. The second-order valence-electron chi connectivity index (χ2n) is 5.68. The van der Waals surface area contributed by atoms with E-state index in [0.717, 1.165) is 22.7 Å². The van der Waals surface area contributed by atoms with Crippen LogP contribution in [0, 0.1) is 11.6 Å². The van der Waals surface area contributed by atoms with Gasteiger partial charge >= 0.3 is 0 Å². The number of halogens is 3. The molecule has 0 saturated carbocycles. The highest BCUT2D eigenvalue weighted by Crippen LogP contribution is 2.21. The molecule has 5 nitrogen and oxygen atoms in total. The van der Waals surface area contributed by atoms with Gasteiger partial charge in [-0.3, -0.25) is 10.1 Å². The summed E-state index contributed by atoms with van der Waals surface area (Å²) in [5, 5.41) is 5.44. The maximum absolute atomic E-state index is 13.5. The Morgan fingerprint density at radius 1 is 1.14 bits per heavy atom. The third kappa shape index (κ3) is 4.00. The lowest BCUT2D eigenvalue weighted by Gasteiger charge is -2.05.